The molecule has 3 aromatic rings. The first kappa shape index (κ1) is 20.2. The highest BCUT2D eigenvalue weighted by Gasteiger charge is 2.36. The minimum absolute atomic E-state index is 0.167. The molecular formula is C22H22N4O3S. The maximum Gasteiger partial charge on any atom is 0.247 e. The second kappa shape index (κ2) is 8.31. The Morgan fingerprint density at radius 1 is 1.23 bits per heavy atom. The number of thioether (sulfide) groups is 1. The minimum Gasteiger partial charge on any atom is -0.496 e. The van der Waals surface area contributed by atoms with Crippen LogP contribution in [-0.2, 0) is 4.79 Å². The molecule has 2 heterocycles. The largest absolute Gasteiger partial charge is 0.496 e. The van der Waals surface area contributed by atoms with Crippen molar-refractivity contribution in [3.05, 3.63) is 53.6 Å². The van der Waals surface area contributed by atoms with Crippen LogP contribution in [0, 0.1) is 6.92 Å². The smallest absolute Gasteiger partial charge is 0.247 e. The van der Waals surface area contributed by atoms with E-state index < -0.39 is 6.23 Å². The molecule has 0 aliphatic carbocycles. The summed E-state index contributed by atoms with van der Waals surface area (Å²) in [6.45, 7) is 5.53. The SMILES string of the molecule is CCSc1nnc2c(n1)O[C@@H](c1ccccc1OC)N(C(C)=O)c1ccc(C)cc1-2. The number of benzene rings is 2. The highest BCUT2D eigenvalue weighted by Crippen LogP contribution is 2.45. The Kier molecular flexibility index (Phi) is 5.59. The lowest BCUT2D eigenvalue weighted by Crippen LogP contribution is -2.36. The van der Waals surface area contributed by atoms with Gasteiger partial charge >= 0.3 is 0 Å². The normalized spacial score (nSPS) is 14.9. The van der Waals surface area contributed by atoms with E-state index in [0.29, 0.717) is 28.2 Å². The van der Waals surface area contributed by atoms with E-state index in [1.165, 1.54) is 18.7 Å². The molecule has 0 saturated heterocycles. The molecule has 0 unspecified atom stereocenters. The number of aromatic nitrogens is 3. The van der Waals surface area contributed by atoms with E-state index in [-0.39, 0.29) is 5.91 Å². The Labute approximate surface area is 179 Å². The van der Waals surface area contributed by atoms with Crippen LogP contribution in [0.15, 0.2) is 47.6 Å². The monoisotopic (exact) mass is 422 g/mol. The first-order valence-electron chi connectivity index (χ1n) is 9.61. The molecule has 1 amide bonds. The lowest BCUT2D eigenvalue weighted by molar-refractivity contribution is -0.118. The van der Waals surface area contributed by atoms with Gasteiger partial charge < -0.3 is 9.47 Å². The van der Waals surface area contributed by atoms with Gasteiger partial charge in [-0.25, -0.2) is 0 Å². The van der Waals surface area contributed by atoms with Gasteiger partial charge in [-0.05, 0) is 36.9 Å². The van der Waals surface area contributed by atoms with Crippen LogP contribution < -0.4 is 14.4 Å². The van der Waals surface area contributed by atoms with Crippen molar-refractivity contribution < 1.29 is 14.3 Å². The van der Waals surface area contributed by atoms with Crippen LogP contribution in [0.3, 0.4) is 0 Å². The van der Waals surface area contributed by atoms with E-state index in [2.05, 4.69) is 15.2 Å². The fourth-order valence-corrected chi connectivity index (χ4v) is 3.99. The van der Waals surface area contributed by atoms with Gasteiger partial charge in [0.1, 0.15) is 5.75 Å². The second-order valence-corrected chi connectivity index (χ2v) is 8.03. The van der Waals surface area contributed by atoms with Crippen molar-refractivity contribution in [2.75, 3.05) is 17.8 Å². The molecule has 1 aliphatic heterocycles. The molecule has 30 heavy (non-hydrogen) atoms. The van der Waals surface area contributed by atoms with Gasteiger partial charge in [-0.3, -0.25) is 9.69 Å². The number of anilines is 1. The van der Waals surface area contributed by atoms with Gasteiger partial charge in [0.05, 0.1) is 18.4 Å². The van der Waals surface area contributed by atoms with Gasteiger partial charge in [-0.15, -0.1) is 10.2 Å². The Morgan fingerprint density at radius 3 is 2.77 bits per heavy atom. The summed E-state index contributed by atoms with van der Waals surface area (Å²) >= 11 is 1.48. The number of rotatable bonds is 4. The van der Waals surface area contributed by atoms with Crippen LogP contribution in [0.2, 0.25) is 0 Å². The molecule has 1 atom stereocenters. The second-order valence-electron chi connectivity index (χ2n) is 6.80. The van der Waals surface area contributed by atoms with E-state index >= 15 is 0 Å². The molecule has 154 valence electrons. The molecule has 4 rings (SSSR count). The number of carbonyl (C=O) groups excluding carboxylic acids is 1. The zero-order valence-electron chi connectivity index (χ0n) is 17.2. The third-order valence-corrected chi connectivity index (χ3v) is 5.50. The predicted octanol–water partition coefficient (Wildman–Crippen LogP) is 4.41. The number of aryl methyl sites for hydroxylation is 1. The lowest BCUT2D eigenvalue weighted by atomic mass is 10.0. The summed E-state index contributed by atoms with van der Waals surface area (Å²) in [6.07, 6.45) is -0.766. The van der Waals surface area contributed by atoms with Gasteiger partial charge in [0.2, 0.25) is 23.2 Å². The maximum absolute atomic E-state index is 12.8. The first-order chi connectivity index (χ1) is 14.5. The van der Waals surface area contributed by atoms with Gasteiger partial charge in [0.15, 0.2) is 5.69 Å². The molecule has 8 heteroatoms. The number of ether oxygens (including phenoxy) is 2. The van der Waals surface area contributed by atoms with Crippen LogP contribution in [0.25, 0.3) is 11.3 Å². The molecular weight excluding hydrogens is 400 g/mol. The summed E-state index contributed by atoms with van der Waals surface area (Å²) in [6, 6.07) is 13.3. The molecule has 0 bridgehead atoms. The van der Waals surface area contributed by atoms with Crippen LogP contribution in [0.4, 0.5) is 5.69 Å². The summed E-state index contributed by atoms with van der Waals surface area (Å²) in [5.74, 6) is 1.61. The number of fused-ring (bicyclic) bond motifs is 3. The van der Waals surface area contributed by atoms with E-state index in [1.54, 1.807) is 12.0 Å². The topological polar surface area (TPSA) is 77.4 Å². The fraction of sp³-hybridized carbons (Fsp3) is 0.273. The zero-order chi connectivity index (χ0) is 21.3. The molecule has 0 N–H and O–H groups in total. The number of hydrogen-bond acceptors (Lipinski definition) is 7. The van der Waals surface area contributed by atoms with E-state index in [9.17, 15) is 4.79 Å². The lowest BCUT2D eigenvalue weighted by Gasteiger charge is -2.30. The highest BCUT2D eigenvalue weighted by molar-refractivity contribution is 7.99. The van der Waals surface area contributed by atoms with Crippen molar-refractivity contribution >= 4 is 23.4 Å². The molecule has 2 aromatic carbocycles. The third-order valence-electron chi connectivity index (χ3n) is 4.78. The molecule has 1 aromatic heterocycles. The van der Waals surface area contributed by atoms with Crippen molar-refractivity contribution in [2.45, 2.75) is 32.2 Å². The average Bonchev–Trinajstić information content (AvgIpc) is 2.88. The van der Waals surface area contributed by atoms with Gasteiger partial charge in [0, 0.05) is 12.5 Å². The van der Waals surface area contributed by atoms with Crippen LogP contribution >= 0.6 is 11.8 Å². The number of para-hydroxylation sites is 1. The van der Waals surface area contributed by atoms with Crippen molar-refractivity contribution in [1.29, 1.82) is 0 Å². The molecule has 0 radical (unpaired) electrons. The number of carbonyl (C=O) groups is 1. The summed E-state index contributed by atoms with van der Waals surface area (Å²) in [4.78, 5) is 19.1. The van der Waals surface area contributed by atoms with Gasteiger partial charge in [-0.2, -0.15) is 4.98 Å². The maximum atomic E-state index is 12.8. The zero-order valence-corrected chi connectivity index (χ0v) is 18.1. The number of amides is 1. The summed E-state index contributed by atoms with van der Waals surface area (Å²) in [7, 11) is 1.60. The van der Waals surface area contributed by atoms with Crippen molar-refractivity contribution in [1.82, 2.24) is 15.2 Å². The van der Waals surface area contributed by atoms with Gasteiger partial charge in [-0.1, -0.05) is 42.4 Å². The standard InChI is InChI=1S/C22H22N4O3S/c1-5-30-22-23-20-19(24-25-22)16-12-13(2)10-11-17(16)26(14(3)27)21(29-20)15-8-6-7-9-18(15)28-4/h6-12,21H,5H2,1-4H3/t21-/m0/s1. The summed E-state index contributed by atoms with van der Waals surface area (Å²) in [5.41, 5.74) is 3.71. The minimum atomic E-state index is -0.766. The molecule has 0 saturated carbocycles. The molecule has 0 spiro atoms. The Balaban J connectivity index is 1.99. The Bertz CT molecular complexity index is 1110. The van der Waals surface area contributed by atoms with E-state index in [0.717, 1.165) is 22.4 Å². The van der Waals surface area contributed by atoms with Crippen molar-refractivity contribution in [3.63, 3.8) is 0 Å². The number of hydrogen-bond donors (Lipinski definition) is 0. The third kappa shape index (κ3) is 3.59. The van der Waals surface area contributed by atoms with Crippen LogP contribution in [0.1, 0.15) is 31.2 Å². The van der Waals surface area contributed by atoms with Crippen molar-refractivity contribution in [2.24, 2.45) is 0 Å². The highest BCUT2D eigenvalue weighted by atomic mass is 32.2. The first-order valence-corrected chi connectivity index (χ1v) is 10.6. The van der Waals surface area contributed by atoms with E-state index in [1.807, 2.05) is 56.3 Å². The molecule has 1 aliphatic rings. The molecule has 0 fully saturated rings. The summed E-state index contributed by atoms with van der Waals surface area (Å²) in [5, 5.41) is 9.19. The fourth-order valence-electron chi connectivity index (χ4n) is 3.48. The Hall–Kier alpha value is -3.13. The number of methoxy groups -OCH3 is 1. The summed E-state index contributed by atoms with van der Waals surface area (Å²) < 4.78 is 11.9. The van der Waals surface area contributed by atoms with Crippen LogP contribution in [0.5, 0.6) is 11.6 Å². The number of nitrogens with zero attached hydrogens (tertiary/aromatic N) is 4. The average molecular weight is 423 g/mol. The van der Waals surface area contributed by atoms with Crippen LogP contribution in [-0.4, -0.2) is 34.0 Å². The Morgan fingerprint density at radius 2 is 2.03 bits per heavy atom. The van der Waals surface area contributed by atoms with E-state index in [4.69, 9.17) is 9.47 Å². The van der Waals surface area contributed by atoms with Gasteiger partial charge in [0.25, 0.3) is 0 Å². The van der Waals surface area contributed by atoms with Crippen molar-refractivity contribution in [3.8, 4) is 22.9 Å². The quantitative estimate of drug-likeness (QED) is 0.576. The predicted molar refractivity (Wildman–Crippen MR) is 116 cm³/mol. The molecule has 7 nitrogen and oxygen atoms in total.